The molecule has 0 aliphatic heterocycles. The van der Waals surface area contributed by atoms with Gasteiger partial charge in [-0.2, -0.15) is 5.10 Å². The van der Waals surface area contributed by atoms with Crippen molar-refractivity contribution in [3.05, 3.63) is 87.6 Å². The number of amides is 1. The van der Waals surface area contributed by atoms with Crippen LogP contribution in [0.2, 0.25) is 5.02 Å². The largest absolute Gasteiger partial charge is 0.350 e. The van der Waals surface area contributed by atoms with Crippen molar-refractivity contribution in [2.24, 2.45) is 0 Å². The Morgan fingerprint density at radius 1 is 1.19 bits per heavy atom. The van der Waals surface area contributed by atoms with Gasteiger partial charge in [0.1, 0.15) is 11.7 Å². The zero-order valence-corrected chi connectivity index (χ0v) is 18.4. The number of hydrogen-bond donors (Lipinski definition) is 1. The number of halogens is 1. The lowest BCUT2D eigenvalue weighted by molar-refractivity contribution is 0.0949. The maximum Gasteiger partial charge on any atom is 0.264 e. The number of hydrogen-bond acceptors (Lipinski definition) is 5. The van der Waals surface area contributed by atoms with Gasteiger partial charge < -0.3 is 5.32 Å². The summed E-state index contributed by atoms with van der Waals surface area (Å²) in [4.78, 5) is 30.7. The smallest absolute Gasteiger partial charge is 0.264 e. The maximum atomic E-state index is 12.8. The lowest BCUT2D eigenvalue weighted by atomic mass is 10.2. The van der Waals surface area contributed by atoms with Gasteiger partial charge in [0.05, 0.1) is 24.8 Å². The summed E-state index contributed by atoms with van der Waals surface area (Å²) in [5, 5.41) is 8.24. The minimum absolute atomic E-state index is 0.141. The van der Waals surface area contributed by atoms with Gasteiger partial charge in [-0.15, -0.1) is 11.8 Å². The van der Waals surface area contributed by atoms with Crippen LogP contribution in [0.15, 0.2) is 70.7 Å². The van der Waals surface area contributed by atoms with Crippen LogP contribution in [0.1, 0.15) is 15.9 Å². The first-order valence-corrected chi connectivity index (χ1v) is 11.2. The fourth-order valence-corrected chi connectivity index (χ4v) is 4.12. The van der Waals surface area contributed by atoms with E-state index in [-0.39, 0.29) is 11.5 Å². The van der Waals surface area contributed by atoms with Gasteiger partial charge in [0.15, 0.2) is 5.65 Å². The van der Waals surface area contributed by atoms with E-state index in [0.717, 1.165) is 10.5 Å². The zero-order valence-electron chi connectivity index (χ0n) is 16.8. The Morgan fingerprint density at radius 3 is 2.84 bits per heavy atom. The number of carbonyl (C=O) groups excluding carboxylic acids is 1. The van der Waals surface area contributed by atoms with Crippen molar-refractivity contribution in [1.82, 2.24) is 24.6 Å². The summed E-state index contributed by atoms with van der Waals surface area (Å²) in [5.74, 6) is -0.141. The average molecular weight is 454 g/mol. The minimum Gasteiger partial charge on any atom is -0.350 e. The van der Waals surface area contributed by atoms with Crippen molar-refractivity contribution in [2.45, 2.75) is 18.0 Å². The van der Waals surface area contributed by atoms with Crippen molar-refractivity contribution in [1.29, 1.82) is 0 Å². The Morgan fingerprint density at radius 2 is 2.03 bits per heavy atom. The highest BCUT2D eigenvalue weighted by Gasteiger charge is 2.12. The molecule has 9 heteroatoms. The number of fused-ring (bicyclic) bond motifs is 1. The third kappa shape index (κ3) is 4.65. The van der Waals surface area contributed by atoms with E-state index in [9.17, 15) is 9.59 Å². The van der Waals surface area contributed by atoms with E-state index in [0.29, 0.717) is 41.3 Å². The van der Waals surface area contributed by atoms with E-state index in [1.165, 1.54) is 28.9 Å². The van der Waals surface area contributed by atoms with Crippen LogP contribution in [-0.2, 0) is 13.1 Å². The van der Waals surface area contributed by atoms with Crippen molar-refractivity contribution in [2.75, 3.05) is 12.8 Å². The zero-order chi connectivity index (χ0) is 21.8. The van der Waals surface area contributed by atoms with Gasteiger partial charge in [-0.25, -0.2) is 9.67 Å². The van der Waals surface area contributed by atoms with Gasteiger partial charge >= 0.3 is 0 Å². The summed E-state index contributed by atoms with van der Waals surface area (Å²) < 4.78 is 3.16. The first-order chi connectivity index (χ1) is 15.1. The molecule has 4 aromatic rings. The third-order valence-corrected chi connectivity index (χ3v) is 5.86. The summed E-state index contributed by atoms with van der Waals surface area (Å²) in [6.45, 7) is 1.14. The van der Waals surface area contributed by atoms with Crippen LogP contribution < -0.4 is 10.9 Å². The maximum absolute atomic E-state index is 12.8. The lowest BCUT2D eigenvalue weighted by Gasteiger charge is -2.09. The Kier molecular flexibility index (Phi) is 6.39. The topological polar surface area (TPSA) is 81.8 Å². The number of aromatic nitrogens is 4. The van der Waals surface area contributed by atoms with Crippen LogP contribution in [0.4, 0.5) is 0 Å². The van der Waals surface area contributed by atoms with Crippen molar-refractivity contribution in [3.8, 4) is 0 Å². The van der Waals surface area contributed by atoms with E-state index >= 15 is 0 Å². The van der Waals surface area contributed by atoms with Crippen LogP contribution in [0, 0.1) is 0 Å². The highest BCUT2D eigenvalue weighted by atomic mass is 35.5. The Hall–Kier alpha value is -3.10. The van der Waals surface area contributed by atoms with Gasteiger partial charge in [0.2, 0.25) is 0 Å². The second-order valence-corrected chi connectivity index (χ2v) is 8.15. The molecule has 0 radical (unpaired) electrons. The summed E-state index contributed by atoms with van der Waals surface area (Å²) in [7, 11) is 0. The van der Waals surface area contributed by atoms with E-state index in [4.69, 9.17) is 11.6 Å². The van der Waals surface area contributed by atoms with Crippen LogP contribution in [0.3, 0.4) is 0 Å². The second-order valence-electron chi connectivity index (χ2n) is 6.87. The van der Waals surface area contributed by atoms with Crippen LogP contribution in [0.5, 0.6) is 0 Å². The average Bonchev–Trinajstić information content (AvgIpc) is 3.19. The molecule has 2 heterocycles. The van der Waals surface area contributed by atoms with Gasteiger partial charge in [-0.3, -0.25) is 14.2 Å². The van der Waals surface area contributed by atoms with E-state index < -0.39 is 0 Å². The monoisotopic (exact) mass is 453 g/mol. The highest BCUT2D eigenvalue weighted by Crippen LogP contribution is 2.19. The Labute approximate surface area is 188 Å². The van der Waals surface area contributed by atoms with Crippen LogP contribution >= 0.6 is 23.4 Å². The quantitative estimate of drug-likeness (QED) is 0.433. The molecule has 0 saturated carbocycles. The standard InChI is InChI=1S/C22H20ClN5O2S/c1-31-19-8-3-2-7-17(19)21(29)24-9-10-28-20-18(12-26-28)22(30)27(14-25-20)13-15-5-4-6-16(23)11-15/h2-8,11-12,14H,9-10,13H2,1H3,(H,24,29). The molecule has 0 spiro atoms. The van der Waals surface area contributed by atoms with Crippen molar-refractivity contribution in [3.63, 3.8) is 0 Å². The predicted octanol–water partition coefficient (Wildman–Crippen LogP) is 3.45. The molecule has 0 bridgehead atoms. The lowest BCUT2D eigenvalue weighted by Crippen LogP contribution is -2.28. The number of thioether (sulfide) groups is 1. The summed E-state index contributed by atoms with van der Waals surface area (Å²) in [6, 6.07) is 14.8. The fraction of sp³-hybridized carbons (Fsp3) is 0.182. The fourth-order valence-electron chi connectivity index (χ4n) is 3.31. The molecule has 2 aromatic heterocycles. The molecular weight excluding hydrogens is 434 g/mol. The molecule has 2 aromatic carbocycles. The number of nitrogens with one attached hydrogen (secondary N) is 1. The molecule has 7 nitrogen and oxygen atoms in total. The minimum atomic E-state index is -0.172. The summed E-state index contributed by atoms with van der Waals surface area (Å²) in [6.07, 6.45) is 4.97. The van der Waals surface area contributed by atoms with Gasteiger partial charge in [-0.1, -0.05) is 35.9 Å². The van der Waals surface area contributed by atoms with Crippen LogP contribution in [-0.4, -0.2) is 38.0 Å². The second kappa shape index (κ2) is 9.36. The van der Waals surface area contributed by atoms with Gasteiger partial charge in [0.25, 0.3) is 11.5 Å². The van der Waals surface area contributed by atoms with Crippen LogP contribution in [0.25, 0.3) is 11.0 Å². The molecule has 0 aliphatic rings. The first-order valence-electron chi connectivity index (χ1n) is 9.63. The molecule has 0 atom stereocenters. The van der Waals surface area contributed by atoms with Gasteiger partial charge in [-0.05, 0) is 36.1 Å². The summed E-state index contributed by atoms with van der Waals surface area (Å²) >= 11 is 7.56. The van der Waals surface area contributed by atoms with E-state index in [2.05, 4.69) is 15.4 Å². The first kappa shape index (κ1) is 21.1. The molecule has 1 N–H and O–H groups in total. The molecule has 0 saturated heterocycles. The van der Waals surface area contributed by atoms with Crippen molar-refractivity contribution >= 4 is 40.3 Å². The predicted molar refractivity (Wildman–Crippen MR) is 123 cm³/mol. The Bertz CT molecular complexity index is 1300. The molecule has 1 amide bonds. The molecule has 31 heavy (non-hydrogen) atoms. The number of nitrogens with zero attached hydrogens (tertiary/aromatic N) is 4. The number of carbonyl (C=O) groups is 1. The number of benzene rings is 2. The summed E-state index contributed by atoms with van der Waals surface area (Å²) in [5.41, 5.74) is 1.87. The van der Waals surface area contributed by atoms with E-state index in [1.54, 1.807) is 16.8 Å². The molecule has 158 valence electrons. The molecule has 0 unspecified atom stereocenters. The SMILES string of the molecule is CSc1ccccc1C(=O)NCCn1ncc2c(=O)n(Cc3cccc(Cl)c3)cnc21. The molecule has 4 rings (SSSR count). The highest BCUT2D eigenvalue weighted by molar-refractivity contribution is 7.98. The Balaban J connectivity index is 1.46. The van der Waals surface area contributed by atoms with E-state index in [1.807, 2.05) is 42.7 Å². The normalized spacial score (nSPS) is 11.0. The molecular formula is C22H20ClN5O2S. The molecule has 0 fully saturated rings. The van der Waals surface area contributed by atoms with Gasteiger partial charge in [0, 0.05) is 16.5 Å². The number of rotatable bonds is 7. The molecule has 0 aliphatic carbocycles. The van der Waals surface area contributed by atoms with Crippen molar-refractivity contribution < 1.29 is 4.79 Å². The third-order valence-electron chi connectivity index (χ3n) is 4.82.